The summed E-state index contributed by atoms with van der Waals surface area (Å²) in [5, 5.41) is 9.73. The van der Waals surface area contributed by atoms with Crippen molar-refractivity contribution in [1.82, 2.24) is 0 Å². The molecule has 0 saturated carbocycles. The molecule has 0 bridgehead atoms. The molecule has 108 valence electrons. The van der Waals surface area contributed by atoms with Crippen molar-refractivity contribution in [2.75, 3.05) is 13.2 Å². The molecule has 1 unspecified atom stereocenters. The number of aliphatic hydroxyl groups excluding tert-OH is 1. The third-order valence-corrected chi connectivity index (χ3v) is 2.56. The maximum Gasteiger partial charge on any atom is 0.419 e. The van der Waals surface area contributed by atoms with Gasteiger partial charge in [0.2, 0.25) is 0 Å². The Hall–Kier alpha value is -1.14. The summed E-state index contributed by atoms with van der Waals surface area (Å²) in [4.78, 5) is 0. The van der Waals surface area contributed by atoms with Gasteiger partial charge in [-0.1, -0.05) is 13.0 Å². The number of ether oxygens (including phenoxy) is 1. The molecule has 0 spiro atoms. The van der Waals surface area contributed by atoms with Gasteiger partial charge >= 0.3 is 6.18 Å². The Morgan fingerprint density at radius 1 is 1.26 bits per heavy atom. The van der Waals surface area contributed by atoms with Crippen LogP contribution in [0, 0.1) is 5.82 Å². The number of halogens is 4. The molecule has 0 aromatic heterocycles. The normalized spacial score (nSPS) is 13.6. The van der Waals surface area contributed by atoms with E-state index in [-0.39, 0.29) is 18.6 Å². The molecule has 0 aliphatic carbocycles. The molecule has 1 aromatic carbocycles. The highest BCUT2D eigenvalue weighted by Gasteiger charge is 2.34. The van der Waals surface area contributed by atoms with Gasteiger partial charge in [0, 0.05) is 19.6 Å². The molecule has 0 aliphatic heterocycles. The molecule has 0 aliphatic rings. The van der Waals surface area contributed by atoms with Gasteiger partial charge in [0.25, 0.3) is 0 Å². The average molecular weight is 280 g/mol. The fourth-order valence-corrected chi connectivity index (χ4v) is 1.58. The highest BCUT2D eigenvalue weighted by molar-refractivity contribution is 5.28. The van der Waals surface area contributed by atoms with E-state index in [0.29, 0.717) is 18.7 Å². The van der Waals surface area contributed by atoms with E-state index in [4.69, 9.17) is 4.74 Å². The van der Waals surface area contributed by atoms with E-state index >= 15 is 0 Å². The van der Waals surface area contributed by atoms with E-state index in [2.05, 4.69) is 0 Å². The second-order valence-electron chi connectivity index (χ2n) is 4.15. The Labute approximate surface area is 109 Å². The van der Waals surface area contributed by atoms with Crippen LogP contribution in [0.5, 0.6) is 0 Å². The molecule has 6 heteroatoms. The minimum absolute atomic E-state index is 0.0359. The minimum atomic E-state index is -4.77. The molecular formula is C13H16F4O2. The number of aliphatic hydroxyl groups is 1. The Balaban J connectivity index is 2.73. The van der Waals surface area contributed by atoms with Crippen LogP contribution in [0.25, 0.3) is 0 Å². The predicted octanol–water partition coefficient (Wildman–Crippen LogP) is 3.69. The predicted molar refractivity (Wildman–Crippen MR) is 62.1 cm³/mol. The molecule has 1 N–H and O–H groups in total. The van der Waals surface area contributed by atoms with E-state index in [1.807, 2.05) is 6.92 Å². The van der Waals surface area contributed by atoms with E-state index in [0.717, 1.165) is 12.5 Å². The summed E-state index contributed by atoms with van der Waals surface area (Å²) in [6, 6.07) is 2.50. The largest absolute Gasteiger partial charge is 0.419 e. The molecule has 2 nitrogen and oxygen atoms in total. The van der Waals surface area contributed by atoms with Crippen LogP contribution in [0.1, 0.15) is 37.0 Å². The third-order valence-electron chi connectivity index (χ3n) is 2.56. The molecule has 0 fully saturated rings. The first kappa shape index (κ1) is 15.9. The molecule has 1 aromatic rings. The van der Waals surface area contributed by atoms with Gasteiger partial charge in [0.1, 0.15) is 5.82 Å². The van der Waals surface area contributed by atoms with Gasteiger partial charge in [-0.3, -0.25) is 0 Å². The first-order valence-electron chi connectivity index (χ1n) is 5.98. The van der Waals surface area contributed by atoms with Crippen molar-refractivity contribution in [3.63, 3.8) is 0 Å². The van der Waals surface area contributed by atoms with Crippen molar-refractivity contribution < 1.29 is 27.4 Å². The summed E-state index contributed by atoms with van der Waals surface area (Å²) in [5.41, 5.74) is -1.33. The summed E-state index contributed by atoms with van der Waals surface area (Å²) in [7, 11) is 0. The van der Waals surface area contributed by atoms with Crippen LogP contribution in [0.4, 0.5) is 17.6 Å². The van der Waals surface area contributed by atoms with Crippen LogP contribution in [0.2, 0.25) is 0 Å². The molecule has 0 saturated heterocycles. The van der Waals surface area contributed by atoms with Crippen molar-refractivity contribution in [1.29, 1.82) is 0 Å². The van der Waals surface area contributed by atoms with E-state index in [1.54, 1.807) is 0 Å². The Morgan fingerprint density at radius 2 is 1.95 bits per heavy atom. The second-order valence-corrected chi connectivity index (χ2v) is 4.15. The number of benzene rings is 1. The first-order valence-corrected chi connectivity index (χ1v) is 5.98. The van der Waals surface area contributed by atoms with Crippen LogP contribution in [0.3, 0.4) is 0 Å². The van der Waals surface area contributed by atoms with Crippen LogP contribution in [-0.2, 0) is 10.9 Å². The van der Waals surface area contributed by atoms with Crippen molar-refractivity contribution in [3.05, 3.63) is 35.1 Å². The standard InChI is InChI=1S/C13H16F4O2/c1-2-6-19-7-5-12(18)9-3-4-11(14)10(8-9)13(15,16)17/h3-4,8,12,18H,2,5-7H2,1H3. The van der Waals surface area contributed by atoms with Crippen molar-refractivity contribution in [2.24, 2.45) is 0 Å². The smallest absolute Gasteiger partial charge is 0.388 e. The fraction of sp³-hybridized carbons (Fsp3) is 0.538. The van der Waals surface area contributed by atoms with Crippen LogP contribution in [0.15, 0.2) is 18.2 Å². The Morgan fingerprint density at radius 3 is 2.53 bits per heavy atom. The van der Waals surface area contributed by atoms with Gasteiger partial charge in [-0.15, -0.1) is 0 Å². The van der Waals surface area contributed by atoms with Gasteiger partial charge in [-0.25, -0.2) is 4.39 Å². The molecular weight excluding hydrogens is 264 g/mol. The molecule has 1 rings (SSSR count). The summed E-state index contributed by atoms with van der Waals surface area (Å²) in [6.07, 6.45) is -4.87. The second kappa shape index (κ2) is 6.86. The van der Waals surface area contributed by atoms with Crippen LogP contribution >= 0.6 is 0 Å². The zero-order chi connectivity index (χ0) is 14.5. The zero-order valence-corrected chi connectivity index (χ0v) is 10.5. The van der Waals surface area contributed by atoms with Crippen molar-refractivity contribution in [2.45, 2.75) is 32.0 Å². The molecule has 0 heterocycles. The van der Waals surface area contributed by atoms with Gasteiger partial charge in [-0.2, -0.15) is 13.2 Å². The monoisotopic (exact) mass is 280 g/mol. The maximum absolute atomic E-state index is 13.1. The number of alkyl halides is 3. The number of hydrogen-bond donors (Lipinski definition) is 1. The van der Waals surface area contributed by atoms with Crippen LogP contribution < -0.4 is 0 Å². The molecule has 1 atom stereocenters. The molecule has 0 radical (unpaired) electrons. The minimum Gasteiger partial charge on any atom is -0.388 e. The Kier molecular flexibility index (Phi) is 5.75. The van der Waals surface area contributed by atoms with Crippen molar-refractivity contribution in [3.8, 4) is 0 Å². The zero-order valence-electron chi connectivity index (χ0n) is 10.5. The molecule has 0 amide bonds. The number of rotatable bonds is 6. The van der Waals surface area contributed by atoms with E-state index < -0.39 is 23.7 Å². The quantitative estimate of drug-likeness (QED) is 0.636. The van der Waals surface area contributed by atoms with E-state index in [1.165, 1.54) is 0 Å². The van der Waals surface area contributed by atoms with Gasteiger partial charge < -0.3 is 9.84 Å². The van der Waals surface area contributed by atoms with E-state index in [9.17, 15) is 22.7 Å². The summed E-state index contributed by atoms with van der Waals surface area (Å²) < 4.78 is 55.7. The lowest BCUT2D eigenvalue weighted by molar-refractivity contribution is -0.140. The lowest BCUT2D eigenvalue weighted by atomic mass is 10.0. The average Bonchev–Trinajstić information content (AvgIpc) is 2.33. The highest BCUT2D eigenvalue weighted by atomic mass is 19.4. The Bertz CT molecular complexity index is 404. The maximum atomic E-state index is 13.1. The SMILES string of the molecule is CCCOCCC(O)c1ccc(F)c(C(F)(F)F)c1. The highest BCUT2D eigenvalue weighted by Crippen LogP contribution is 2.33. The van der Waals surface area contributed by atoms with Gasteiger partial charge in [-0.05, 0) is 24.1 Å². The number of hydrogen-bond acceptors (Lipinski definition) is 2. The summed E-state index contributed by atoms with van der Waals surface area (Å²) in [5.74, 6) is -1.34. The lowest BCUT2D eigenvalue weighted by Gasteiger charge is -2.14. The van der Waals surface area contributed by atoms with Crippen LogP contribution in [-0.4, -0.2) is 18.3 Å². The van der Waals surface area contributed by atoms with Gasteiger partial charge in [0.05, 0.1) is 11.7 Å². The first-order chi connectivity index (χ1) is 8.86. The molecule has 19 heavy (non-hydrogen) atoms. The topological polar surface area (TPSA) is 29.5 Å². The lowest BCUT2D eigenvalue weighted by Crippen LogP contribution is -2.11. The fourth-order valence-electron chi connectivity index (χ4n) is 1.58. The van der Waals surface area contributed by atoms with Gasteiger partial charge in [0.15, 0.2) is 0 Å². The van der Waals surface area contributed by atoms with Crippen molar-refractivity contribution >= 4 is 0 Å². The summed E-state index contributed by atoms with van der Waals surface area (Å²) in [6.45, 7) is 2.70. The summed E-state index contributed by atoms with van der Waals surface area (Å²) >= 11 is 0. The third kappa shape index (κ3) is 4.80.